The van der Waals surface area contributed by atoms with Gasteiger partial charge in [0, 0.05) is 18.2 Å². The molecule has 0 bridgehead atoms. The summed E-state index contributed by atoms with van der Waals surface area (Å²) in [7, 11) is 0. The van der Waals surface area contributed by atoms with Crippen molar-refractivity contribution >= 4 is 5.97 Å². The highest BCUT2D eigenvalue weighted by atomic mass is 19.1. The van der Waals surface area contributed by atoms with Gasteiger partial charge in [-0.3, -0.25) is 9.69 Å². The van der Waals surface area contributed by atoms with Gasteiger partial charge in [0.1, 0.15) is 11.6 Å². The molecule has 0 spiro atoms. The number of hydrogen-bond acceptors (Lipinski definition) is 2. The largest absolute Gasteiger partial charge is 0.481 e. The van der Waals surface area contributed by atoms with E-state index in [2.05, 4.69) is 0 Å². The van der Waals surface area contributed by atoms with Crippen LogP contribution in [0.2, 0.25) is 0 Å². The summed E-state index contributed by atoms with van der Waals surface area (Å²) in [6.45, 7) is 4.31. The SMILES string of the molecule is CC(c1cc(F)cc(F)c1)N1CCC(C(=O)O)C1C. The van der Waals surface area contributed by atoms with Crippen LogP contribution in [0.1, 0.15) is 31.9 Å². The van der Waals surface area contributed by atoms with Crippen molar-refractivity contribution in [1.29, 1.82) is 0 Å². The number of carbonyl (C=O) groups is 1. The molecule has 3 nitrogen and oxygen atoms in total. The molecule has 1 aliphatic rings. The van der Waals surface area contributed by atoms with E-state index in [9.17, 15) is 13.6 Å². The second-order valence-electron chi connectivity index (χ2n) is 5.09. The highest BCUT2D eigenvalue weighted by Gasteiger charge is 2.38. The quantitative estimate of drug-likeness (QED) is 0.917. The van der Waals surface area contributed by atoms with Crippen LogP contribution in [0.15, 0.2) is 18.2 Å². The Bertz CT molecular complexity index is 472. The molecule has 0 aliphatic carbocycles. The van der Waals surface area contributed by atoms with Crippen LogP contribution in [0, 0.1) is 17.6 Å². The van der Waals surface area contributed by atoms with Gasteiger partial charge in [0.05, 0.1) is 5.92 Å². The number of nitrogens with zero attached hydrogens (tertiary/aromatic N) is 1. The maximum absolute atomic E-state index is 13.2. The van der Waals surface area contributed by atoms with Crippen LogP contribution in [0.5, 0.6) is 0 Å². The Kier molecular flexibility index (Phi) is 3.85. The molecule has 0 aromatic heterocycles. The summed E-state index contributed by atoms with van der Waals surface area (Å²) in [5.74, 6) is -2.44. The van der Waals surface area contributed by atoms with Gasteiger partial charge in [0.2, 0.25) is 0 Å². The van der Waals surface area contributed by atoms with Crippen LogP contribution in [0.25, 0.3) is 0 Å². The molecule has 1 N–H and O–H groups in total. The van der Waals surface area contributed by atoms with E-state index in [0.717, 1.165) is 6.07 Å². The molecule has 0 amide bonds. The first kappa shape index (κ1) is 13.9. The van der Waals surface area contributed by atoms with Crippen LogP contribution < -0.4 is 0 Å². The predicted molar refractivity (Wildman–Crippen MR) is 66.7 cm³/mol. The number of rotatable bonds is 3. The average Bonchev–Trinajstić information content (AvgIpc) is 2.69. The van der Waals surface area contributed by atoms with Gasteiger partial charge in [-0.1, -0.05) is 0 Å². The Labute approximate surface area is 110 Å². The number of halogens is 2. The van der Waals surface area contributed by atoms with E-state index in [0.29, 0.717) is 18.5 Å². The molecule has 1 aromatic rings. The molecule has 3 atom stereocenters. The Hall–Kier alpha value is -1.49. The Morgan fingerprint density at radius 1 is 1.37 bits per heavy atom. The van der Waals surface area contributed by atoms with E-state index in [1.165, 1.54) is 12.1 Å². The minimum absolute atomic E-state index is 0.140. The molecule has 1 heterocycles. The number of likely N-dealkylation sites (tertiary alicyclic amines) is 1. The fourth-order valence-corrected chi connectivity index (χ4v) is 2.85. The molecule has 104 valence electrons. The standard InChI is InChI=1S/C14H17F2NO2/c1-8(10-5-11(15)7-12(16)6-10)17-4-3-13(9(17)2)14(18)19/h5-9,13H,3-4H2,1-2H3,(H,18,19). The van der Waals surface area contributed by atoms with E-state index in [1.807, 2.05) is 18.7 Å². The van der Waals surface area contributed by atoms with Crippen LogP contribution in [0.4, 0.5) is 8.78 Å². The Morgan fingerprint density at radius 3 is 2.42 bits per heavy atom. The van der Waals surface area contributed by atoms with Crippen molar-refractivity contribution in [2.24, 2.45) is 5.92 Å². The maximum atomic E-state index is 13.2. The fourth-order valence-electron chi connectivity index (χ4n) is 2.85. The van der Waals surface area contributed by atoms with Gasteiger partial charge in [0.25, 0.3) is 0 Å². The van der Waals surface area contributed by atoms with Gasteiger partial charge in [-0.15, -0.1) is 0 Å². The number of benzene rings is 1. The smallest absolute Gasteiger partial charge is 0.308 e. The Morgan fingerprint density at radius 2 is 1.95 bits per heavy atom. The van der Waals surface area contributed by atoms with E-state index in [4.69, 9.17) is 5.11 Å². The van der Waals surface area contributed by atoms with E-state index < -0.39 is 23.5 Å². The van der Waals surface area contributed by atoms with Gasteiger partial charge in [-0.25, -0.2) is 8.78 Å². The first-order valence-electron chi connectivity index (χ1n) is 6.34. The van der Waals surface area contributed by atoms with Crippen LogP contribution in [-0.4, -0.2) is 28.6 Å². The summed E-state index contributed by atoms with van der Waals surface area (Å²) >= 11 is 0. The molecule has 1 fully saturated rings. The molecule has 0 saturated carbocycles. The summed E-state index contributed by atoms with van der Waals surface area (Å²) in [5, 5.41) is 9.10. The third kappa shape index (κ3) is 2.76. The highest BCUT2D eigenvalue weighted by molar-refractivity contribution is 5.71. The molecule has 0 radical (unpaired) electrons. The van der Waals surface area contributed by atoms with Crippen molar-refractivity contribution in [3.05, 3.63) is 35.4 Å². The first-order valence-corrected chi connectivity index (χ1v) is 6.34. The van der Waals surface area contributed by atoms with Crippen molar-refractivity contribution < 1.29 is 18.7 Å². The van der Waals surface area contributed by atoms with Crippen molar-refractivity contribution in [1.82, 2.24) is 4.90 Å². The van der Waals surface area contributed by atoms with E-state index in [1.54, 1.807) is 0 Å². The molecular formula is C14H17F2NO2. The zero-order valence-corrected chi connectivity index (χ0v) is 10.9. The molecule has 2 rings (SSSR count). The van der Waals surface area contributed by atoms with E-state index in [-0.39, 0.29) is 12.1 Å². The predicted octanol–water partition coefficient (Wildman–Crippen LogP) is 2.82. The second-order valence-corrected chi connectivity index (χ2v) is 5.09. The minimum Gasteiger partial charge on any atom is -0.481 e. The molecule has 5 heteroatoms. The minimum atomic E-state index is -0.812. The van der Waals surface area contributed by atoms with E-state index >= 15 is 0 Å². The third-order valence-corrected chi connectivity index (χ3v) is 3.99. The lowest BCUT2D eigenvalue weighted by Crippen LogP contribution is -2.35. The number of carboxylic acid groups (broad SMARTS) is 1. The summed E-state index contributed by atoms with van der Waals surface area (Å²) in [4.78, 5) is 13.1. The normalized spacial score (nSPS) is 25.5. The fraction of sp³-hybridized carbons (Fsp3) is 0.500. The van der Waals surface area contributed by atoms with Gasteiger partial charge < -0.3 is 5.11 Å². The first-order chi connectivity index (χ1) is 8.90. The van der Waals surface area contributed by atoms with Gasteiger partial charge in [-0.05, 0) is 44.5 Å². The summed E-state index contributed by atoms with van der Waals surface area (Å²) in [6, 6.07) is 3.09. The van der Waals surface area contributed by atoms with Gasteiger partial charge in [-0.2, -0.15) is 0 Å². The summed E-state index contributed by atoms with van der Waals surface area (Å²) in [5.41, 5.74) is 0.537. The highest BCUT2D eigenvalue weighted by Crippen LogP contribution is 2.33. The lowest BCUT2D eigenvalue weighted by molar-refractivity contribution is -0.142. The summed E-state index contributed by atoms with van der Waals surface area (Å²) < 4.78 is 26.4. The van der Waals surface area contributed by atoms with Crippen molar-refractivity contribution in [2.75, 3.05) is 6.54 Å². The number of hydrogen-bond donors (Lipinski definition) is 1. The topological polar surface area (TPSA) is 40.5 Å². The third-order valence-electron chi connectivity index (χ3n) is 3.99. The summed E-state index contributed by atoms with van der Waals surface area (Å²) in [6.07, 6.45) is 0.568. The zero-order chi connectivity index (χ0) is 14.2. The van der Waals surface area contributed by atoms with Crippen LogP contribution >= 0.6 is 0 Å². The maximum Gasteiger partial charge on any atom is 0.308 e. The second kappa shape index (κ2) is 5.25. The number of carboxylic acids is 1. The number of aliphatic carboxylic acids is 1. The van der Waals surface area contributed by atoms with Crippen molar-refractivity contribution in [3.63, 3.8) is 0 Å². The lowest BCUT2D eigenvalue weighted by atomic mass is 10.0. The van der Waals surface area contributed by atoms with Crippen molar-refractivity contribution in [2.45, 2.75) is 32.4 Å². The molecule has 19 heavy (non-hydrogen) atoms. The lowest BCUT2D eigenvalue weighted by Gasteiger charge is -2.30. The average molecular weight is 269 g/mol. The van der Waals surface area contributed by atoms with Crippen LogP contribution in [-0.2, 0) is 4.79 Å². The molecule has 1 aliphatic heterocycles. The Balaban J connectivity index is 2.20. The molecule has 1 saturated heterocycles. The molecule has 3 unspecified atom stereocenters. The van der Waals surface area contributed by atoms with Crippen LogP contribution in [0.3, 0.4) is 0 Å². The van der Waals surface area contributed by atoms with Gasteiger partial charge in [0.15, 0.2) is 0 Å². The van der Waals surface area contributed by atoms with Gasteiger partial charge >= 0.3 is 5.97 Å². The van der Waals surface area contributed by atoms with Crippen molar-refractivity contribution in [3.8, 4) is 0 Å². The monoisotopic (exact) mass is 269 g/mol. The molecule has 1 aromatic carbocycles. The zero-order valence-electron chi connectivity index (χ0n) is 10.9. The molecular weight excluding hydrogens is 252 g/mol.